The maximum Gasteiger partial charge on any atom is 0.270 e. The first-order valence-corrected chi connectivity index (χ1v) is 14.3. The Morgan fingerprint density at radius 1 is 1.00 bits per heavy atom. The van der Waals surface area contributed by atoms with E-state index in [1.165, 1.54) is 21.3 Å². The smallest absolute Gasteiger partial charge is 0.270 e. The van der Waals surface area contributed by atoms with Crippen LogP contribution in [0.5, 0.6) is 17.2 Å². The van der Waals surface area contributed by atoms with Gasteiger partial charge < -0.3 is 34.1 Å². The summed E-state index contributed by atoms with van der Waals surface area (Å²) in [5.41, 5.74) is 2.80. The van der Waals surface area contributed by atoms with Gasteiger partial charge in [-0.05, 0) is 36.6 Å². The van der Waals surface area contributed by atoms with E-state index in [1.54, 1.807) is 24.3 Å². The number of morpholine rings is 1. The minimum atomic E-state index is -4.23. The Morgan fingerprint density at radius 2 is 1.75 bits per heavy atom. The van der Waals surface area contributed by atoms with Gasteiger partial charge in [0.25, 0.3) is 10.0 Å². The summed E-state index contributed by atoms with van der Waals surface area (Å²) in [5.74, 6) is 1.85. The molecule has 4 N–H and O–H groups in total. The van der Waals surface area contributed by atoms with Gasteiger partial charge in [0.15, 0.2) is 22.1 Å². The third-order valence-corrected chi connectivity index (χ3v) is 8.38. The number of sulfonamides is 1. The van der Waals surface area contributed by atoms with Crippen LogP contribution in [0, 0.1) is 0 Å². The van der Waals surface area contributed by atoms with Crippen molar-refractivity contribution >= 4 is 38.3 Å². The van der Waals surface area contributed by atoms with Gasteiger partial charge in [-0.1, -0.05) is 5.16 Å². The number of rotatable bonds is 10. The van der Waals surface area contributed by atoms with E-state index in [2.05, 4.69) is 30.7 Å². The number of aromatic amines is 1. The third-order valence-electron chi connectivity index (χ3n) is 6.98. The Balaban J connectivity index is 1.31. The number of nitrogens with zero attached hydrogens (tertiary/aromatic N) is 2. The first kappa shape index (κ1) is 26.2. The quantitative estimate of drug-likeness (QED) is 0.220. The average molecular weight is 571 g/mol. The number of H-pyrrole nitrogens is 1. The zero-order valence-corrected chi connectivity index (χ0v) is 23.1. The van der Waals surface area contributed by atoms with Gasteiger partial charge in [-0.15, -0.1) is 0 Å². The summed E-state index contributed by atoms with van der Waals surface area (Å²) in [5, 5.41) is 18.3. The van der Waals surface area contributed by atoms with E-state index in [0.29, 0.717) is 53.9 Å². The zero-order chi connectivity index (χ0) is 27.9. The molecule has 1 aliphatic carbocycles. The zero-order valence-electron chi connectivity index (χ0n) is 22.2. The van der Waals surface area contributed by atoms with Gasteiger partial charge in [-0.3, -0.25) is 9.82 Å². The lowest BCUT2D eigenvalue weighted by atomic mass is 10.1. The van der Waals surface area contributed by atoms with Crippen LogP contribution in [-0.4, -0.2) is 64.9 Å². The van der Waals surface area contributed by atoms with Crippen molar-refractivity contribution in [2.24, 2.45) is 0 Å². The van der Waals surface area contributed by atoms with Gasteiger partial charge in [-0.25, -0.2) is 8.42 Å². The molecule has 0 spiro atoms. The van der Waals surface area contributed by atoms with Crippen LogP contribution in [0.4, 0.5) is 17.3 Å². The summed E-state index contributed by atoms with van der Waals surface area (Å²) < 4.78 is 57.5. The first-order valence-electron chi connectivity index (χ1n) is 12.8. The first-order chi connectivity index (χ1) is 19.4. The molecule has 1 saturated heterocycles. The second-order valence-electron chi connectivity index (χ2n) is 9.63. The largest absolute Gasteiger partial charge is 0.495 e. The average Bonchev–Trinajstić information content (AvgIpc) is 3.61. The summed E-state index contributed by atoms with van der Waals surface area (Å²) >= 11 is 0. The van der Waals surface area contributed by atoms with E-state index in [9.17, 15) is 8.42 Å². The second-order valence-corrected chi connectivity index (χ2v) is 11.2. The van der Waals surface area contributed by atoms with Crippen molar-refractivity contribution in [3.8, 4) is 17.2 Å². The molecule has 14 heteroatoms. The number of ether oxygens (including phenoxy) is 4. The van der Waals surface area contributed by atoms with Gasteiger partial charge in [0.05, 0.1) is 51.7 Å². The molecule has 2 aliphatic rings. The molecule has 13 nitrogen and oxygen atoms in total. The Kier molecular flexibility index (Phi) is 6.90. The van der Waals surface area contributed by atoms with Crippen LogP contribution in [0.15, 0.2) is 39.8 Å². The molecule has 212 valence electrons. The van der Waals surface area contributed by atoms with Gasteiger partial charge in [0.1, 0.15) is 17.2 Å². The molecule has 2 fully saturated rings. The molecule has 6 rings (SSSR count). The highest BCUT2D eigenvalue weighted by atomic mass is 32.2. The van der Waals surface area contributed by atoms with Crippen molar-refractivity contribution in [3.63, 3.8) is 0 Å². The fourth-order valence-corrected chi connectivity index (χ4v) is 6.09. The molecule has 2 aromatic carbocycles. The number of hydrogen-bond acceptors (Lipinski definition) is 11. The molecular formula is C26H30N6O7S. The summed E-state index contributed by atoms with van der Waals surface area (Å²) in [4.78, 5) is -0.163. The van der Waals surface area contributed by atoms with Crippen LogP contribution >= 0.6 is 0 Å². The highest BCUT2D eigenvalue weighted by Gasteiger charge is 2.30. The number of methoxy groups -OCH3 is 3. The normalized spacial score (nSPS) is 17.5. The lowest BCUT2D eigenvalue weighted by Crippen LogP contribution is -2.34. The highest BCUT2D eigenvalue weighted by molar-refractivity contribution is 7.93. The van der Waals surface area contributed by atoms with E-state index in [1.807, 2.05) is 6.07 Å². The van der Waals surface area contributed by atoms with Crippen LogP contribution < -0.4 is 29.6 Å². The van der Waals surface area contributed by atoms with E-state index in [0.717, 1.165) is 24.1 Å². The molecule has 40 heavy (non-hydrogen) atoms. The number of anilines is 3. The van der Waals surface area contributed by atoms with E-state index in [4.69, 9.17) is 23.5 Å². The van der Waals surface area contributed by atoms with Gasteiger partial charge >= 0.3 is 0 Å². The van der Waals surface area contributed by atoms with E-state index >= 15 is 0 Å². The highest BCUT2D eigenvalue weighted by Crippen LogP contribution is 2.42. The molecule has 0 amide bonds. The van der Waals surface area contributed by atoms with Gasteiger partial charge in [0, 0.05) is 30.3 Å². The maximum absolute atomic E-state index is 13.7. The standard InChI is InChI=1S/C26H30N6O7S/c1-35-21-10-16-20(11-18(21)28-24-12-17(29-30-24)14-4-5-14)39-31-26(16)32-40(33,34)25-22(36-2)8-15(9-23(25)37-3)19-13-38-7-6-27-19/h8-12,14,19,27H,4-7,13H2,1-3H3,(H,31,32)(H2,28,29,30). The Bertz CT molecular complexity index is 1620. The second kappa shape index (κ2) is 10.5. The minimum absolute atomic E-state index is 0.00818. The third kappa shape index (κ3) is 5.00. The van der Waals surface area contributed by atoms with E-state index in [-0.39, 0.29) is 28.3 Å². The van der Waals surface area contributed by atoms with Crippen molar-refractivity contribution < 1.29 is 31.9 Å². The summed E-state index contributed by atoms with van der Waals surface area (Å²) in [6.45, 7) is 1.74. The number of aromatic nitrogens is 3. The van der Waals surface area contributed by atoms with Crippen LogP contribution in [0.1, 0.15) is 36.1 Å². The molecule has 1 unspecified atom stereocenters. The van der Waals surface area contributed by atoms with Crippen LogP contribution in [-0.2, 0) is 14.8 Å². The predicted molar refractivity (Wildman–Crippen MR) is 146 cm³/mol. The number of hydrogen-bond donors (Lipinski definition) is 4. The molecule has 1 atom stereocenters. The van der Waals surface area contributed by atoms with Crippen molar-refractivity contribution in [2.75, 3.05) is 51.1 Å². The SMILES string of the molecule is COc1cc2c(NS(=O)(=O)c3c(OC)cc(C4COCCN4)cc3OC)noc2cc1Nc1cc(C2CC2)[nH]n1. The van der Waals surface area contributed by atoms with Crippen molar-refractivity contribution in [3.05, 3.63) is 41.6 Å². The topological polar surface area (TPSA) is 162 Å². The maximum atomic E-state index is 13.7. The molecule has 4 aromatic rings. The minimum Gasteiger partial charge on any atom is -0.495 e. The fourth-order valence-electron chi connectivity index (χ4n) is 4.77. The van der Waals surface area contributed by atoms with Crippen LogP contribution in [0.25, 0.3) is 11.0 Å². The molecule has 2 aromatic heterocycles. The molecule has 1 saturated carbocycles. The van der Waals surface area contributed by atoms with Crippen LogP contribution in [0.2, 0.25) is 0 Å². The lowest BCUT2D eigenvalue weighted by molar-refractivity contribution is 0.0767. The molecule has 1 aliphatic heterocycles. The Labute approximate surface area is 230 Å². The Hall–Kier alpha value is -4.01. The molecular weight excluding hydrogens is 540 g/mol. The Morgan fingerprint density at radius 3 is 2.40 bits per heavy atom. The van der Waals surface area contributed by atoms with Crippen LogP contribution in [0.3, 0.4) is 0 Å². The summed E-state index contributed by atoms with van der Waals surface area (Å²) in [6, 6.07) is 8.49. The lowest BCUT2D eigenvalue weighted by Gasteiger charge is -2.25. The monoisotopic (exact) mass is 570 g/mol. The number of benzene rings is 2. The van der Waals surface area contributed by atoms with Gasteiger partial charge in [-0.2, -0.15) is 5.10 Å². The summed E-state index contributed by atoms with van der Waals surface area (Å²) in [6.07, 6.45) is 2.31. The predicted octanol–water partition coefficient (Wildman–Crippen LogP) is 3.66. The molecule has 3 heterocycles. The van der Waals surface area contributed by atoms with Gasteiger partial charge in [0.2, 0.25) is 0 Å². The van der Waals surface area contributed by atoms with Crippen molar-refractivity contribution in [2.45, 2.75) is 29.7 Å². The molecule has 0 bridgehead atoms. The van der Waals surface area contributed by atoms with E-state index < -0.39 is 10.0 Å². The molecule has 0 radical (unpaired) electrons. The number of fused-ring (bicyclic) bond motifs is 1. The van der Waals surface area contributed by atoms with Crippen molar-refractivity contribution in [1.29, 1.82) is 0 Å². The number of nitrogens with one attached hydrogen (secondary N) is 4. The fraction of sp³-hybridized carbons (Fsp3) is 0.385. The van der Waals surface area contributed by atoms with Crippen molar-refractivity contribution in [1.82, 2.24) is 20.7 Å². The summed E-state index contributed by atoms with van der Waals surface area (Å²) in [7, 11) is 0.0970.